The van der Waals surface area contributed by atoms with E-state index in [1.165, 1.54) is 5.56 Å². The Morgan fingerprint density at radius 1 is 1.26 bits per heavy atom. The molecular weight excluding hydrogens is 364 g/mol. The summed E-state index contributed by atoms with van der Waals surface area (Å²) < 4.78 is 11.5. The summed E-state index contributed by atoms with van der Waals surface area (Å²) in [5, 5.41) is 0. The largest absolute Gasteiger partial charge is 0.485 e. The Kier molecular flexibility index (Phi) is 7.33. The number of benzene rings is 1. The first-order chi connectivity index (χ1) is 12.4. The molecule has 2 aromatic rings. The molecule has 3 rings (SSSR count). The average Bonchev–Trinajstić information content (AvgIpc) is 3.09. The van der Waals surface area contributed by atoms with Crippen LogP contribution in [0.25, 0.3) is 0 Å². The Bertz CT molecular complexity index is 765. The molecule has 1 aliphatic heterocycles. The molecule has 1 saturated heterocycles. The Morgan fingerprint density at radius 2 is 1.96 bits per heavy atom. The van der Waals surface area contributed by atoms with E-state index in [1.54, 1.807) is 6.07 Å². The molecular formula is C21H29ClN2O3. The summed E-state index contributed by atoms with van der Waals surface area (Å²) in [6.45, 7) is 7.89. The highest BCUT2D eigenvalue weighted by Gasteiger charge is 2.27. The first-order valence-corrected chi connectivity index (χ1v) is 9.27. The van der Waals surface area contributed by atoms with E-state index in [9.17, 15) is 4.79 Å². The number of amides is 1. The summed E-state index contributed by atoms with van der Waals surface area (Å²) >= 11 is 0. The Balaban J connectivity index is 0.00000261. The standard InChI is InChI=1S/C21H28N2O3.ClH/c1-14-4-6-19(15(2)12-14)25-13-18-5-7-20(26-18)21(24)23-10-8-17(9-11-23)16(3)22;/h4-7,12,16-17H,8-11,13,22H2,1-3H3;1H. The van der Waals surface area contributed by atoms with Gasteiger partial charge in [-0.25, -0.2) is 0 Å². The van der Waals surface area contributed by atoms with E-state index in [2.05, 4.69) is 13.0 Å². The van der Waals surface area contributed by atoms with E-state index in [4.69, 9.17) is 14.9 Å². The molecule has 1 aromatic carbocycles. The van der Waals surface area contributed by atoms with Crippen molar-refractivity contribution in [2.24, 2.45) is 11.7 Å². The van der Waals surface area contributed by atoms with Gasteiger partial charge in [0.15, 0.2) is 5.76 Å². The second kappa shape index (κ2) is 9.29. The fourth-order valence-electron chi connectivity index (χ4n) is 3.46. The minimum atomic E-state index is -0.0501. The van der Waals surface area contributed by atoms with Crippen LogP contribution in [0.3, 0.4) is 0 Å². The Hall–Kier alpha value is -1.98. The van der Waals surface area contributed by atoms with Crippen molar-refractivity contribution >= 4 is 18.3 Å². The molecule has 2 N–H and O–H groups in total. The van der Waals surface area contributed by atoms with Gasteiger partial charge in [-0.3, -0.25) is 4.79 Å². The minimum absolute atomic E-state index is 0. The summed E-state index contributed by atoms with van der Waals surface area (Å²) in [6, 6.07) is 9.79. The van der Waals surface area contributed by atoms with Crippen molar-refractivity contribution in [2.45, 2.75) is 46.3 Å². The number of aryl methyl sites for hydroxylation is 2. The summed E-state index contributed by atoms with van der Waals surface area (Å²) in [5.41, 5.74) is 8.26. The maximum Gasteiger partial charge on any atom is 0.289 e. The van der Waals surface area contributed by atoms with Gasteiger partial charge in [0, 0.05) is 19.1 Å². The molecule has 5 nitrogen and oxygen atoms in total. The van der Waals surface area contributed by atoms with Crippen molar-refractivity contribution in [3.63, 3.8) is 0 Å². The molecule has 1 atom stereocenters. The van der Waals surface area contributed by atoms with Gasteiger partial charge >= 0.3 is 0 Å². The van der Waals surface area contributed by atoms with Crippen molar-refractivity contribution in [3.8, 4) is 5.75 Å². The molecule has 1 aliphatic rings. The summed E-state index contributed by atoms with van der Waals surface area (Å²) in [5.74, 6) is 2.31. The number of ether oxygens (including phenoxy) is 1. The van der Waals surface area contributed by atoms with Crippen LogP contribution in [-0.4, -0.2) is 29.9 Å². The first kappa shape index (κ1) is 21.3. The Morgan fingerprint density at radius 3 is 2.59 bits per heavy atom. The zero-order chi connectivity index (χ0) is 18.7. The van der Waals surface area contributed by atoms with Gasteiger partial charge in [0.1, 0.15) is 18.1 Å². The van der Waals surface area contributed by atoms with Crippen molar-refractivity contribution in [1.82, 2.24) is 4.90 Å². The molecule has 1 unspecified atom stereocenters. The third-order valence-electron chi connectivity index (χ3n) is 5.14. The van der Waals surface area contributed by atoms with Crippen molar-refractivity contribution < 1.29 is 13.9 Å². The SMILES string of the molecule is Cc1ccc(OCc2ccc(C(=O)N3CCC(C(C)N)CC3)o2)c(C)c1.Cl. The lowest BCUT2D eigenvalue weighted by Crippen LogP contribution is -2.42. The molecule has 0 radical (unpaired) electrons. The molecule has 6 heteroatoms. The number of carbonyl (C=O) groups is 1. The van der Waals surface area contributed by atoms with E-state index in [0.29, 0.717) is 24.0 Å². The Labute approximate surface area is 167 Å². The van der Waals surface area contributed by atoms with Gasteiger partial charge in [-0.15, -0.1) is 12.4 Å². The molecule has 0 bridgehead atoms. The third kappa shape index (κ3) is 5.27. The van der Waals surface area contributed by atoms with Crippen molar-refractivity contribution in [3.05, 3.63) is 53.0 Å². The van der Waals surface area contributed by atoms with Crippen LogP contribution in [0.2, 0.25) is 0 Å². The van der Waals surface area contributed by atoms with Crippen molar-refractivity contribution in [1.29, 1.82) is 0 Å². The highest BCUT2D eigenvalue weighted by atomic mass is 35.5. The van der Waals surface area contributed by atoms with Crippen LogP contribution in [0.1, 0.15) is 47.2 Å². The maximum atomic E-state index is 12.6. The number of nitrogens with zero attached hydrogens (tertiary/aromatic N) is 1. The molecule has 1 aromatic heterocycles. The average molecular weight is 393 g/mol. The lowest BCUT2D eigenvalue weighted by molar-refractivity contribution is 0.0645. The predicted octanol–water partition coefficient (Wildman–Crippen LogP) is 4.10. The molecule has 148 valence electrons. The van der Waals surface area contributed by atoms with Gasteiger partial charge in [0.25, 0.3) is 5.91 Å². The predicted molar refractivity (Wildman–Crippen MR) is 108 cm³/mol. The zero-order valence-corrected chi connectivity index (χ0v) is 17.1. The topological polar surface area (TPSA) is 68.7 Å². The van der Waals surface area contributed by atoms with Crippen molar-refractivity contribution in [2.75, 3.05) is 13.1 Å². The number of carbonyl (C=O) groups excluding carboxylic acids is 1. The van der Waals surface area contributed by atoms with Crippen LogP contribution in [0.15, 0.2) is 34.7 Å². The maximum absolute atomic E-state index is 12.6. The number of halogens is 1. The van der Waals surface area contributed by atoms with Crippen LogP contribution in [0.5, 0.6) is 5.75 Å². The minimum Gasteiger partial charge on any atom is -0.485 e. The zero-order valence-electron chi connectivity index (χ0n) is 16.2. The highest BCUT2D eigenvalue weighted by Crippen LogP contribution is 2.23. The van der Waals surface area contributed by atoms with E-state index in [1.807, 2.05) is 36.9 Å². The second-order valence-corrected chi connectivity index (χ2v) is 7.31. The van der Waals surface area contributed by atoms with Gasteiger partial charge in [0.05, 0.1) is 0 Å². The van der Waals surface area contributed by atoms with Crippen LogP contribution >= 0.6 is 12.4 Å². The van der Waals surface area contributed by atoms with Crippen LogP contribution < -0.4 is 10.5 Å². The van der Waals surface area contributed by atoms with Crippen LogP contribution in [-0.2, 0) is 6.61 Å². The number of likely N-dealkylation sites (tertiary alicyclic amines) is 1. The normalized spacial score (nSPS) is 15.9. The van der Waals surface area contributed by atoms with Gasteiger partial charge in [0.2, 0.25) is 0 Å². The molecule has 0 saturated carbocycles. The van der Waals surface area contributed by atoms with E-state index < -0.39 is 0 Å². The molecule has 0 spiro atoms. The fourth-order valence-corrected chi connectivity index (χ4v) is 3.46. The lowest BCUT2D eigenvalue weighted by Gasteiger charge is -2.33. The van der Waals surface area contributed by atoms with Gasteiger partial charge in [-0.1, -0.05) is 17.7 Å². The number of nitrogens with two attached hydrogens (primary N) is 1. The van der Waals surface area contributed by atoms with E-state index in [-0.39, 0.29) is 24.4 Å². The van der Waals surface area contributed by atoms with Crippen LogP contribution in [0.4, 0.5) is 0 Å². The number of piperidine rings is 1. The number of rotatable bonds is 5. The summed E-state index contributed by atoms with van der Waals surface area (Å²) in [4.78, 5) is 14.5. The molecule has 1 amide bonds. The number of hydrogen-bond acceptors (Lipinski definition) is 4. The number of furan rings is 1. The van der Waals surface area contributed by atoms with Gasteiger partial charge in [-0.2, -0.15) is 0 Å². The summed E-state index contributed by atoms with van der Waals surface area (Å²) in [7, 11) is 0. The third-order valence-corrected chi connectivity index (χ3v) is 5.14. The van der Waals surface area contributed by atoms with Gasteiger partial charge < -0.3 is 19.8 Å². The van der Waals surface area contributed by atoms with E-state index >= 15 is 0 Å². The van der Waals surface area contributed by atoms with E-state index in [0.717, 1.165) is 37.2 Å². The number of hydrogen-bond donors (Lipinski definition) is 1. The molecule has 1 fully saturated rings. The first-order valence-electron chi connectivity index (χ1n) is 9.27. The van der Waals surface area contributed by atoms with Crippen LogP contribution in [0, 0.1) is 19.8 Å². The summed E-state index contributed by atoms with van der Waals surface area (Å²) in [6.07, 6.45) is 1.90. The lowest BCUT2D eigenvalue weighted by atomic mass is 9.91. The molecule has 27 heavy (non-hydrogen) atoms. The highest BCUT2D eigenvalue weighted by molar-refractivity contribution is 5.91. The molecule has 0 aliphatic carbocycles. The smallest absolute Gasteiger partial charge is 0.289 e. The quantitative estimate of drug-likeness (QED) is 0.831. The molecule has 2 heterocycles. The monoisotopic (exact) mass is 392 g/mol. The second-order valence-electron chi connectivity index (χ2n) is 7.31. The fraction of sp³-hybridized carbons (Fsp3) is 0.476. The van der Waals surface area contributed by atoms with Gasteiger partial charge in [-0.05, 0) is 63.3 Å².